The quantitative estimate of drug-likeness (QED) is 0.727. The van der Waals surface area contributed by atoms with Gasteiger partial charge in [0.15, 0.2) is 0 Å². The standard InChI is InChI=1S/C17H17F3N2O3S2/c1-22(27(24,25)15-9-7-14(26-2)8-10-15)11-16(23)21-13-5-3-12(4-6-13)17(18,19)20/h3-10H,11H2,1-2H3,(H,21,23). The van der Waals surface area contributed by atoms with Crippen LogP contribution in [0.15, 0.2) is 58.3 Å². The number of alkyl halides is 3. The van der Waals surface area contributed by atoms with E-state index < -0.39 is 34.2 Å². The van der Waals surface area contributed by atoms with Gasteiger partial charge in [-0.05, 0) is 54.8 Å². The molecule has 27 heavy (non-hydrogen) atoms. The maximum absolute atomic E-state index is 12.5. The Bertz CT molecular complexity index is 897. The van der Waals surface area contributed by atoms with Gasteiger partial charge in [-0.1, -0.05) is 0 Å². The van der Waals surface area contributed by atoms with Gasteiger partial charge >= 0.3 is 6.18 Å². The number of carbonyl (C=O) groups excluding carboxylic acids is 1. The summed E-state index contributed by atoms with van der Waals surface area (Å²) in [5, 5.41) is 2.38. The number of thioether (sulfide) groups is 1. The van der Waals surface area contributed by atoms with E-state index in [1.807, 2.05) is 6.26 Å². The van der Waals surface area contributed by atoms with E-state index in [4.69, 9.17) is 0 Å². The van der Waals surface area contributed by atoms with Gasteiger partial charge in [0.1, 0.15) is 0 Å². The van der Waals surface area contributed by atoms with Gasteiger partial charge in [-0.15, -0.1) is 11.8 Å². The Labute approximate surface area is 159 Å². The molecule has 146 valence electrons. The summed E-state index contributed by atoms with van der Waals surface area (Å²) in [5.74, 6) is -0.665. The van der Waals surface area contributed by atoms with Crippen LogP contribution in [0.3, 0.4) is 0 Å². The SMILES string of the molecule is CSc1ccc(S(=O)(=O)N(C)CC(=O)Nc2ccc(C(F)(F)F)cc2)cc1. The van der Waals surface area contributed by atoms with Crippen molar-refractivity contribution >= 4 is 33.4 Å². The third-order valence-electron chi connectivity index (χ3n) is 3.63. The third-order valence-corrected chi connectivity index (χ3v) is 6.19. The van der Waals surface area contributed by atoms with E-state index in [9.17, 15) is 26.4 Å². The molecule has 0 unspecified atom stereocenters. The normalized spacial score (nSPS) is 12.2. The highest BCUT2D eigenvalue weighted by Crippen LogP contribution is 2.29. The molecule has 0 atom stereocenters. The first kappa shape index (κ1) is 21.3. The maximum Gasteiger partial charge on any atom is 0.416 e. The lowest BCUT2D eigenvalue weighted by Gasteiger charge is -2.17. The maximum atomic E-state index is 12.5. The summed E-state index contributed by atoms with van der Waals surface area (Å²) in [5.41, 5.74) is -0.697. The van der Waals surface area contributed by atoms with Crippen molar-refractivity contribution in [1.29, 1.82) is 0 Å². The average molecular weight is 418 g/mol. The van der Waals surface area contributed by atoms with E-state index >= 15 is 0 Å². The van der Waals surface area contributed by atoms with Gasteiger partial charge in [-0.25, -0.2) is 8.42 Å². The lowest BCUT2D eigenvalue weighted by molar-refractivity contribution is -0.137. The predicted octanol–water partition coefficient (Wildman–Crippen LogP) is 3.69. The van der Waals surface area contributed by atoms with Crippen molar-refractivity contribution in [3.63, 3.8) is 0 Å². The number of amides is 1. The lowest BCUT2D eigenvalue weighted by Crippen LogP contribution is -2.34. The molecule has 0 saturated heterocycles. The number of hydrogen-bond donors (Lipinski definition) is 1. The summed E-state index contributed by atoms with van der Waals surface area (Å²) in [6, 6.07) is 10.1. The molecule has 0 aliphatic heterocycles. The van der Waals surface area contributed by atoms with Gasteiger partial charge in [0, 0.05) is 17.6 Å². The van der Waals surface area contributed by atoms with E-state index in [0.29, 0.717) is 0 Å². The summed E-state index contributed by atoms with van der Waals surface area (Å²) < 4.78 is 63.4. The van der Waals surface area contributed by atoms with E-state index in [-0.39, 0.29) is 10.6 Å². The number of nitrogens with one attached hydrogen (secondary N) is 1. The molecule has 0 heterocycles. The number of hydrogen-bond acceptors (Lipinski definition) is 4. The summed E-state index contributed by atoms with van der Waals surface area (Å²) in [6.45, 7) is -0.479. The lowest BCUT2D eigenvalue weighted by atomic mass is 10.2. The van der Waals surface area contributed by atoms with Gasteiger partial charge in [0.25, 0.3) is 0 Å². The van der Waals surface area contributed by atoms with Crippen molar-refractivity contribution in [3.05, 3.63) is 54.1 Å². The third kappa shape index (κ3) is 5.47. The zero-order valence-corrected chi connectivity index (χ0v) is 16.1. The van der Waals surface area contributed by atoms with Crippen LogP contribution in [0.25, 0.3) is 0 Å². The molecule has 10 heteroatoms. The van der Waals surface area contributed by atoms with Crippen LogP contribution in [0.2, 0.25) is 0 Å². The van der Waals surface area contributed by atoms with Crippen LogP contribution in [-0.4, -0.2) is 38.5 Å². The van der Waals surface area contributed by atoms with Crippen LogP contribution in [0.5, 0.6) is 0 Å². The number of halogens is 3. The second-order valence-corrected chi connectivity index (χ2v) is 8.48. The topological polar surface area (TPSA) is 66.5 Å². The van der Waals surface area contributed by atoms with Crippen molar-refractivity contribution < 1.29 is 26.4 Å². The molecular formula is C17H17F3N2O3S2. The number of benzene rings is 2. The summed E-state index contributed by atoms with van der Waals surface area (Å²) in [6.07, 6.45) is -2.61. The van der Waals surface area contributed by atoms with Crippen molar-refractivity contribution in [2.75, 3.05) is 25.2 Å². The molecule has 0 saturated carbocycles. The second kappa shape index (κ2) is 8.32. The van der Waals surface area contributed by atoms with Gasteiger partial charge in [-0.2, -0.15) is 17.5 Å². The molecule has 0 bridgehead atoms. The molecular weight excluding hydrogens is 401 g/mol. The monoisotopic (exact) mass is 418 g/mol. The van der Waals surface area contributed by atoms with E-state index in [2.05, 4.69) is 5.32 Å². The molecule has 1 amide bonds. The van der Waals surface area contributed by atoms with E-state index in [1.54, 1.807) is 12.1 Å². The largest absolute Gasteiger partial charge is 0.416 e. The molecule has 2 aromatic rings. The predicted molar refractivity (Wildman–Crippen MR) is 98.1 cm³/mol. The summed E-state index contributed by atoms with van der Waals surface area (Å²) >= 11 is 1.47. The van der Waals surface area contributed by atoms with Crippen LogP contribution in [0.1, 0.15) is 5.56 Å². The highest BCUT2D eigenvalue weighted by Gasteiger charge is 2.30. The van der Waals surface area contributed by atoms with Crippen LogP contribution in [0.4, 0.5) is 18.9 Å². The Kier molecular flexibility index (Phi) is 6.55. The smallest absolute Gasteiger partial charge is 0.325 e. The second-order valence-electron chi connectivity index (χ2n) is 5.56. The summed E-state index contributed by atoms with van der Waals surface area (Å²) in [4.78, 5) is 13.0. The minimum Gasteiger partial charge on any atom is -0.325 e. The zero-order chi connectivity index (χ0) is 20.2. The number of nitrogens with zero attached hydrogens (tertiary/aromatic N) is 1. The average Bonchev–Trinajstić information content (AvgIpc) is 2.61. The number of sulfonamides is 1. The molecule has 0 aliphatic carbocycles. The van der Waals surface area contributed by atoms with Gasteiger partial charge < -0.3 is 5.32 Å². The number of likely N-dealkylation sites (N-methyl/N-ethyl adjacent to an activating group) is 1. The Hall–Kier alpha value is -2.04. The van der Waals surface area contributed by atoms with E-state index in [0.717, 1.165) is 33.5 Å². The first-order chi connectivity index (χ1) is 12.5. The van der Waals surface area contributed by atoms with E-state index in [1.165, 1.54) is 30.9 Å². The van der Waals surface area contributed by atoms with Crippen LogP contribution in [-0.2, 0) is 21.0 Å². The van der Waals surface area contributed by atoms with Crippen molar-refractivity contribution in [2.24, 2.45) is 0 Å². The van der Waals surface area contributed by atoms with Crippen molar-refractivity contribution in [2.45, 2.75) is 16.0 Å². The fourth-order valence-corrected chi connectivity index (χ4v) is 3.69. The fourth-order valence-electron chi connectivity index (χ4n) is 2.16. The molecule has 0 aromatic heterocycles. The Morgan fingerprint density at radius 2 is 1.63 bits per heavy atom. The molecule has 0 radical (unpaired) electrons. The first-order valence-electron chi connectivity index (χ1n) is 7.61. The molecule has 0 fully saturated rings. The highest BCUT2D eigenvalue weighted by molar-refractivity contribution is 7.98. The van der Waals surface area contributed by atoms with Crippen LogP contribution >= 0.6 is 11.8 Å². The van der Waals surface area contributed by atoms with Gasteiger partial charge in [0.05, 0.1) is 17.0 Å². The van der Waals surface area contributed by atoms with Crippen LogP contribution < -0.4 is 5.32 Å². The first-order valence-corrected chi connectivity index (χ1v) is 10.3. The van der Waals surface area contributed by atoms with Gasteiger partial charge in [-0.3, -0.25) is 4.79 Å². The summed E-state index contributed by atoms with van der Waals surface area (Å²) in [7, 11) is -2.61. The van der Waals surface area contributed by atoms with Crippen molar-refractivity contribution in [3.8, 4) is 0 Å². The number of carbonyl (C=O) groups is 1. The number of anilines is 1. The Morgan fingerprint density at radius 3 is 2.11 bits per heavy atom. The number of rotatable bonds is 6. The molecule has 0 spiro atoms. The minimum absolute atomic E-state index is 0.0464. The van der Waals surface area contributed by atoms with Crippen molar-refractivity contribution in [1.82, 2.24) is 4.31 Å². The Balaban J connectivity index is 2.03. The molecule has 2 rings (SSSR count). The molecule has 5 nitrogen and oxygen atoms in total. The Morgan fingerprint density at radius 1 is 1.07 bits per heavy atom. The molecule has 1 N–H and O–H groups in total. The molecule has 2 aromatic carbocycles. The highest BCUT2D eigenvalue weighted by atomic mass is 32.2. The van der Waals surface area contributed by atoms with Crippen LogP contribution in [0, 0.1) is 0 Å². The minimum atomic E-state index is -4.47. The van der Waals surface area contributed by atoms with Gasteiger partial charge in [0.2, 0.25) is 15.9 Å². The fraction of sp³-hybridized carbons (Fsp3) is 0.235. The zero-order valence-electron chi connectivity index (χ0n) is 14.4. The molecule has 0 aliphatic rings.